The minimum Gasteiger partial charge on any atom is -0.484 e. The molecule has 21 heavy (non-hydrogen) atoms. The van der Waals surface area contributed by atoms with E-state index in [4.69, 9.17) is 9.84 Å². The van der Waals surface area contributed by atoms with Gasteiger partial charge in [-0.15, -0.1) is 0 Å². The van der Waals surface area contributed by atoms with Crippen LogP contribution in [0.1, 0.15) is 24.2 Å². The van der Waals surface area contributed by atoms with Crippen LogP contribution >= 0.6 is 0 Å². The van der Waals surface area contributed by atoms with E-state index in [-0.39, 0.29) is 18.8 Å². The molecule has 0 bridgehead atoms. The van der Waals surface area contributed by atoms with E-state index in [0.29, 0.717) is 0 Å². The van der Waals surface area contributed by atoms with Crippen LogP contribution < -0.4 is 4.74 Å². The fraction of sp³-hybridized carbons (Fsp3) is 0.333. The first-order valence-corrected chi connectivity index (χ1v) is 7.19. The smallest absolute Gasteiger partial charge is 0.139 e. The van der Waals surface area contributed by atoms with Crippen LogP contribution in [-0.2, 0) is 6.61 Å². The topological polar surface area (TPSA) is 32.7 Å². The van der Waals surface area contributed by atoms with Crippen LogP contribution in [-0.4, -0.2) is 30.1 Å². The Morgan fingerprint density at radius 2 is 1.62 bits per heavy atom. The largest absolute Gasteiger partial charge is 0.484 e. The van der Waals surface area contributed by atoms with Crippen LogP contribution in [0.15, 0.2) is 54.6 Å². The van der Waals surface area contributed by atoms with Gasteiger partial charge in [-0.2, -0.15) is 0 Å². The lowest BCUT2D eigenvalue weighted by atomic mass is 10.0. The Hall–Kier alpha value is -1.84. The Labute approximate surface area is 126 Å². The van der Waals surface area contributed by atoms with Crippen molar-refractivity contribution >= 4 is 0 Å². The zero-order chi connectivity index (χ0) is 15.2. The summed E-state index contributed by atoms with van der Waals surface area (Å²) >= 11 is 0. The van der Waals surface area contributed by atoms with Gasteiger partial charge >= 0.3 is 0 Å². The van der Waals surface area contributed by atoms with Crippen molar-refractivity contribution in [2.75, 3.05) is 14.1 Å². The molecule has 3 heteroatoms. The van der Waals surface area contributed by atoms with Gasteiger partial charge in [-0.1, -0.05) is 42.5 Å². The molecular formula is C18H23NO2. The van der Waals surface area contributed by atoms with Crippen molar-refractivity contribution in [3.63, 3.8) is 0 Å². The monoisotopic (exact) mass is 285 g/mol. The van der Waals surface area contributed by atoms with Crippen LogP contribution in [0.5, 0.6) is 5.75 Å². The molecule has 0 aromatic heterocycles. The second-order valence-electron chi connectivity index (χ2n) is 5.46. The van der Waals surface area contributed by atoms with Gasteiger partial charge in [0.2, 0.25) is 0 Å². The van der Waals surface area contributed by atoms with Gasteiger partial charge in [-0.3, -0.25) is 0 Å². The van der Waals surface area contributed by atoms with Gasteiger partial charge < -0.3 is 14.7 Å². The van der Waals surface area contributed by atoms with Crippen molar-refractivity contribution in [2.45, 2.75) is 25.7 Å². The molecule has 2 atom stereocenters. The van der Waals surface area contributed by atoms with Crippen LogP contribution in [0, 0.1) is 0 Å². The van der Waals surface area contributed by atoms with Crippen molar-refractivity contribution in [1.82, 2.24) is 4.90 Å². The molecule has 0 aliphatic carbocycles. The van der Waals surface area contributed by atoms with Gasteiger partial charge in [0.1, 0.15) is 11.9 Å². The number of ether oxygens (including phenoxy) is 1. The lowest BCUT2D eigenvalue weighted by molar-refractivity contribution is 0.107. The molecule has 0 spiro atoms. The Balaban J connectivity index is 2.23. The maximum Gasteiger partial charge on any atom is 0.139 e. The number of aliphatic hydroxyl groups excluding tert-OH is 1. The molecule has 112 valence electrons. The number of benzene rings is 2. The molecule has 0 heterocycles. The molecule has 2 aromatic rings. The average molecular weight is 285 g/mol. The van der Waals surface area contributed by atoms with E-state index in [9.17, 15) is 0 Å². The summed E-state index contributed by atoms with van der Waals surface area (Å²) in [6.07, 6.45) is -0.0406. The minimum absolute atomic E-state index is 0.0406. The summed E-state index contributed by atoms with van der Waals surface area (Å²) in [5.41, 5.74) is 2.05. The van der Waals surface area contributed by atoms with Gasteiger partial charge in [0.05, 0.1) is 6.61 Å². The maximum atomic E-state index is 9.10. The summed E-state index contributed by atoms with van der Waals surface area (Å²) < 4.78 is 6.20. The number of hydrogen-bond donors (Lipinski definition) is 1. The second kappa shape index (κ2) is 7.25. The highest BCUT2D eigenvalue weighted by atomic mass is 16.5. The van der Waals surface area contributed by atoms with E-state index in [1.807, 2.05) is 42.5 Å². The van der Waals surface area contributed by atoms with Gasteiger partial charge in [-0.25, -0.2) is 0 Å². The Morgan fingerprint density at radius 3 is 2.14 bits per heavy atom. The van der Waals surface area contributed by atoms with E-state index < -0.39 is 0 Å². The zero-order valence-corrected chi connectivity index (χ0v) is 12.9. The van der Waals surface area contributed by atoms with E-state index in [2.05, 4.69) is 38.1 Å². The van der Waals surface area contributed by atoms with E-state index in [1.165, 1.54) is 0 Å². The van der Waals surface area contributed by atoms with E-state index in [0.717, 1.165) is 16.9 Å². The standard InChI is InChI=1S/C18H23NO2/c1-14(19(2)3)18(16-7-5-4-6-8-16)21-17-11-9-15(13-20)10-12-17/h4-12,14,18,20H,13H2,1-3H3. The number of rotatable bonds is 6. The molecule has 0 saturated carbocycles. The molecule has 0 fully saturated rings. The average Bonchev–Trinajstić information content (AvgIpc) is 2.53. The van der Waals surface area contributed by atoms with Gasteiger partial charge in [0.25, 0.3) is 0 Å². The fourth-order valence-electron chi connectivity index (χ4n) is 2.18. The van der Waals surface area contributed by atoms with Gasteiger partial charge in [0, 0.05) is 6.04 Å². The molecular weight excluding hydrogens is 262 g/mol. The molecule has 0 radical (unpaired) electrons. The maximum absolute atomic E-state index is 9.10. The third-order valence-corrected chi connectivity index (χ3v) is 3.75. The lowest BCUT2D eigenvalue weighted by Gasteiger charge is -2.30. The molecule has 0 aliphatic rings. The number of aliphatic hydroxyl groups is 1. The first-order chi connectivity index (χ1) is 10.1. The SMILES string of the molecule is CC(C(Oc1ccc(CO)cc1)c1ccccc1)N(C)C. The van der Waals surface area contributed by atoms with Crippen LogP contribution in [0.2, 0.25) is 0 Å². The summed E-state index contributed by atoms with van der Waals surface area (Å²) in [5, 5.41) is 9.10. The van der Waals surface area contributed by atoms with E-state index in [1.54, 1.807) is 0 Å². The molecule has 0 aliphatic heterocycles. The van der Waals surface area contributed by atoms with Gasteiger partial charge in [-0.05, 0) is 44.3 Å². The quantitative estimate of drug-likeness (QED) is 0.884. The fourth-order valence-corrected chi connectivity index (χ4v) is 2.18. The van der Waals surface area contributed by atoms with Crippen LogP contribution in [0.4, 0.5) is 0 Å². The molecule has 2 unspecified atom stereocenters. The first-order valence-electron chi connectivity index (χ1n) is 7.19. The summed E-state index contributed by atoms with van der Waals surface area (Å²) in [5.74, 6) is 0.815. The van der Waals surface area contributed by atoms with Crippen molar-refractivity contribution in [3.05, 3.63) is 65.7 Å². The lowest BCUT2D eigenvalue weighted by Crippen LogP contribution is -2.34. The van der Waals surface area contributed by atoms with Crippen molar-refractivity contribution in [3.8, 4) is 5.75 Å². The number of nitrogens with zero attached hydrogens (tertiary/aromatic N) is 1. The Morgan fingerprint density at radius 1 is 1.00 bits per heavy atom. The third-order valence-electron chi connectivity index (χ3n) is 3.75. The van der Waals surface area contributed by atoms with Gasteiger partial charge in [0.15, 0.2) is 0 Å². The first kappa shape index (κ1) is 15.5. The van der Waals surface area contributed by atoms with Crippen molar-refractivity contribution in [1.29, 1.82) is 0 Å². The molecule has 2 rings (SSSR count). The highest BCUT2D eigenvalue weighted by Crippen LogP contribution is 2.27. The molecule has 0 amide bonds. The normalized spacial score (nSPS) is 14.0. The van der Waals surface area contributed by atoms with Crippen molar-refractivity contribution < 1.29 is 9.84 Å². The van der Waals surface area contributed by atoms with Crippen molar-refractivity contribution in [2.24, 2.45) is 0 Å². The second-order valence-corrected chi connectivity index (χ2v) is 5.46. The van der Waals surface area contributed by atoms with E-state index >= 15 is 0 Å². The number of likely N-dealkylation sites (N-methyl/N-ethyl adjacent to an activating group) is 1. The van der Waals surface area contributed by atoms with Crippen LogP contribution in [0.25, 0.3) is 0 Å². The molecule has 0 saturated heterocycles. The minimum atomic E-state index is -0.0406. The summed E-state index contributed by atoms with van der Waals surface area (Å²) in [6, 6.07) is 18.1. The summed E-state index contributed by atoms with van der Waals surface area (Å²) in [7, 11) is 4.11. The molecule has 2 aromatic carbocycles. The number of hydrogen-bond acceptors (Lipinski definition) is 3. The Bertz CT molecular complexity index is 537. The third kappa shape index (κ3) is 4.06. The zero-order valence-electron chi connectivity index (χ0n) is 12.9. The predicted molar refractivity (Wildman–Crippen MR) is 85.3 cm³/mol. The highest BCUT2D eigenvalue weighted by Gasteiger charge is 2.22. The highest BCUT2D eigenvalue weighted by molar-refractivity contribution is 5.29. The predicted octanol–water partition coefficient (Wildman–Crippen LogP) is 3.25. The summed E-state index contributed by atoms with van der Waals surface area (Å²) in [4.78, 5) is 2.15. The molecule has 1 N–H and O–H groups in total. The Kier molecular flexibility index (Phi) is 5.37. The molecule has 3 nitrogen and oxygen atoms in total. The van der Waals surface area contributed by atoms with Crippen LogP contribution in [0.3, 0.4) is 0 Å². The summed E-state index contributed by atoms with van der Waals surface area (Å²) in [6.45, 7) is 2.20.